The molecule has 1 aromatic heterocycles. The molecule has 0 bridgehead atoms. The van der Waals surface area contributed by atoms with Gasteiger partial charge in [0.15, 0.2) is 5.82 Å². The van der Waals surface area contributed by atoms with Crippen molar-refractivity contribution in [2.45, 2.75) is 0 Å². The van der Waals surface area contributed by atoms with E-state index in [1.54, 1.807) is 0 Å². The minimum absolute atomic E-state index is 0.0290. The lowest BCUT2D eigenvalue weighted by Crippen LogP contribution is -2.17. The van der Waals surface area contributed by atoms with Crippen LogP contribution in [-0.2, 0) is 9.53 Å². The van der Waals surface area contributed by atoms with Crippen molar-refractivity contribution in [1.29, 1.82) is 0 Å². The summed E-state index contributed by atoms with van der Waals surface area (Å²) >= 11 is 0. The van der Waals surface area contributed by atoms with Crippen LogP contribution >= 0.6 is 0 Å². The van der Waals surface area contributed by atoms with Gasteiger partial charge in [-0.15, -0.1) is 0 Å². The van der Waals surface area contributed by atoms with Gasteiger partial charge < -0.3 is 10.1 Å². The second-order valence-electron chi connectivity index (χ2n) is 3.10. The highest BCUT2D eigenvalue weighted by atomic mass is 16.5. The maximum absolute atomic E-state index is 11.3. The van der Waals surface area contributed by atoms with Gasteiger partial charge in [0.25, 0.3) is 5.91 Å². The first-order valence-corrected chi connectivity index (χ1v) is 4.53. The molecule has 5 nitrogen and oxygen atoms in total. The number of methoxy groups -OCH3 is 1. The van der Waals surface area contributed by atoms with E-state index in [1.165, 1.54) is 7.11 Å². The van der Waals surface area contributed by atoms with Crippen molar-refractivity contribution in [2.75, 3.05) is 19.0 Å². The zero-order chi connectivity index (χ0) is 10.7. The molecule has 0 aliphatic carbocycles. The largest absolute Gasteiger partial charge is 0.375 e. The van der Waals surface area contributed by atoms with E-state index in [4.69, 9.17) is 4.74 Å². The molecule has 0 unspecified atom stereocenters. The molecule has 5 heteroatoms. The molecule has 0 radical (unpaired) electrons. The number of rotatable bonds is 3. The molecule has 2 rings (SSSR count). The zero-order valence-corrected chi connectivity index (χ0v) is 8.28. The van der Waals surface area contributed by atoms with Crippen molar-refractivity contribution >= 4 is 22.6 Å². The minimum Gasteiger partial charge on any atom is -0.375 e. The lowest BCUT2D eigenvalue weighted by Gasteiger charge is -2.00. The summed E-state index contributed by atoms with van der Waals surface area (Å²) in [7, 11) is 1.47. The Balaban J connectivity index is 2.25. The first kappa shape index (κ1) is 9.67. The summed E-state index contributed by atoms with van der Waals surface area (Å²) in [5.74, 6) is 0.322. The predicted octanol–water partition coefficient (Wildman–Crippen LogP) is 1.15. The first-order valence-electron chi connectivity index (χ1n) is 4.53. The van der Waals surface area contributed by atoms with Crippen LogP contribution in [0.2, 0.25) is 0 Å². The number of amides is 1. The van der Waals surface area contributed by atoms with Gasteiger partial charge in [0.1, 0.15) is 6.61 Å². The highest BCUT2D eigenvalue weighted by Crippen LogP contribution is 2.19. The molecule has 1 amide bonds. The van der Waals surface area contributed by atoms with Gasteiger partial charge in [0, 0.05) is 12.5 Å². The number of ether oxygens (including phenoxy) is 1. The predicted molar refractivity (Wildman–Crippen MR) is 56.6 cm³/mol. The average molecular weight is 205 g/mol. The van der Waals surface area contributed by atoms with E-state index in [2.05, 4.69) is 15.5 Å². The number of H-pyrrole nitrogens is 1. The third-order valence-electron chi connectivity index (χ3n) is 2.00. The third-order valence-corrected chi connectivity index (χ3v) is 2.00. The zero-order valence-electron chi connectivity index (χ0n) is 8.28. The fourth-order valence-corrected chi connectivity index (χ4v) is 1.36. The van der Waals surface area contributed by atoms with Crippen molar-refractivity contribution in [3.8, 4) is 0 Å². The molecule has 1 aromatic carbocycles. The lowest BCUT2D eigenvalue weighted by molar-refractivity contribution is -0.119. The number of carbonyl (C=O) groups is 1. The molecular formula is C10H11N3O2. The number of hydrogen-bond acceptors (Lipinski definition) is 3. The summed E-state index contributed by atoms with van der Waals surface area (Å²) in [6.45, 7) is 0.0290. The van der Waals surface area contributed by atoms with Crippen LogP contribution in [0.15, 0.2) is 24.3 Å². The van der Waals surface area contributed by atoms with Crippen molar-refractivity contribution in [1.82, 2.24) is 10.2 Å². The van der Waals surface area contributed by atoms with E-state index < -0.39 is 0 Å². The molecule has 0 saturated carbocycles. The van der Waals surface area contributed by atoms with Crippen molar-refractivity contribution in [2.24, 2.45) is 0 Å². The van der Waals surface area contributed by atoms with Gasteiger partial charge in [0.05, 0.1) is 5.52 Å². The Morgan fingerprint density at radius 2 is 2.33 bits per heavy atom. The fourth-order valence-electron chi connectivity index (χ4n) is 1.36. The van der Waals surface area contributed by atoms with Gasteiger partial charge in [-0.25, -0.2) is 0 Å². The Kier molecular flexibility index (Phi) is 2.64. The van der Waals surface area contributed by atoms with Crippen molar-refractivity contribution in [3.63, 3.8) is 0 Å². The standard InChI is InChI=1S/C10H11N3O2/c1-15-6-9(14)11-10-7-4-2-3-5-8(7)12-13-10/h2-5H,6H2,1H3,(H2,11,12,13,14). The smallest absolute Gasteiger partial charge is 0.251 e. The topological polar surface area (TPSA) is 67.0 Å². The summed E-state index contributed by atoms with van der Waals surface area (Å²) in [4.78, 5) is 11.3. The van der Waals surface area contributed by atoms with Gasteiger partial charge in [-0.1, -0.05) is 12.1 Å². The number of carbonyl (C=O) groups excluding carboxylic acids is 1. The Bertz CT molecular complexity index is 478. The summed E-state index contributed by atoms with van der Waals surface area (Å²) in [6.07, 6.45) is 0. The summed E-state index contributed by atoms with van der Waals surface area (Å²) in [5, 5.41) is 10.4. The van der Waals surface area contributed by atoms with Crippen LogP contribution in [-0.4, -0.2) is 29.8 Å². The van der Waals surface area contributed by atoms with E-state index in [0.717, 1.165) is 10.9 Å². The molecule has 78 valence electrons. The number of nitrogens with zero attached hydrogens (tertiary/aromatic N) is 1. The number of aromatic amines is 1. The van der Waals surface area contributed by atoms with E-state index in [9.17, 15) is 4.79 Å². The van der Waals surface area contributed by atoms with Crippen LogP contribution in [0.1, 0.15) is 0 Å². The monoisotopic (exact) mass is 205 g/mol. The molecule has 0 fully saturated rings. The fraction of sp³-hybridized carbons (Fsp3) is 0.200. The molecular weight excluding hydrogens is 194 g/mol. The summed E-state index contributed by atoms with van der Waals surface area (Å²) in [6, 6.07) is 7.58. The first-order chi connectivity index (χ1) is 7.31. The van der Waals surface area contributed by atoms with E-state index in [0.29, 0.717) is 5.82 Å². The molecule has 0 aliphatic heterocycles. The number of fused-ring (bicyclic) bond motifs is 1. The summed E-state index contributed by atoms with van der Waals surface area (Å²) < 4.78 is 4.71. The number of benzene rings is 1. The highest BCUT2D eigenvalue weighted by molar-refractivity contribution is 5.99. The van der Waals surface area contributed by atoms with Crippen LogP contribution in [0, 0.1) is 0 Å². The van der Waals surface area contributed by atoms with E-state index in [-0.39, 0.29) is 12.5 Å². The van der Waals surface area contributed by atoms with Gasteiger partial charge in [-0.3, -0.25) is 9.89 Å². The van der Waals surface area contributed by atoms with Crippen LogP contribution in [0.5, 0.6) is 0 Å². The van der Waals surface area contributed by atoms with Gasteiger partial charge >= 0.3 is 0 Å². The second kappa shape index (κ2) is 4.10. The number of hydrogen-bond donors (Lipinski definition) is 2. The van der Waals surface area contributed by atoms with Crippen LogP contribution < -0.4 is 5.32 Å². The van der Waals surface area contributed by atoms with Crippen molar-refractivity contribution in [3.05, 3.63) is 24.3 Å². The number of nitrogens with one attached hydrogen (secondary N) is 2. The molecule has 0 saturated heterocycles. The molecule has 0 aliphatic rings. The summed E-state index contributed by atoms with van der Waals surface area (Å²) in [5.41, 5.74) is 0.894. The number of aromatic nitrogens is 2. The van der Waals surface area contributed by atoms with Crippen molar-refractivity contribution < 1.29 is 9.53 Å². The van der Waals surface area contributed by atoms with Crippen LogP contribution in [0.4, 0.5) is 5.82 Å². The quantitative estimate of drug-likeness (QED) is 0.789. The normalized spacial score (nSPS) is 10.5. The van der Waals surface area contributed by atoms with Gasteiger partial charge in [0.2, 0.25) is 0 Å². The van der Waals surface area contributed by atoms with E-state index in [1.807, 2.05) is 24.3 Å². The van der Waals surface area contributed by atoms with Gasteiger partial charge in [-0.05, 0) is 12.1 Å². The maximum Gasteiger partial charge on any atom is 0.251 e. The Morgan fingerprint density at radius 3 is 3.13 bits per heavy atom. The molecule has 0 atom stereocenters. The van der Waals surface area contributed by atoms with E-state index >= 15 is 0 Å². The lowest BCUT2D eigenvalue weighted by atomic mass is 10.2. The minimum atomic E-state index is -0.213. The number of anilines is 1. The highest BCUT2D eigenvalue weighted by Gasteiger charge is 2.07. The van der Waals surface area contributed by atoms with Crippen LogP contribution in [0.3, 0.4) is 0 Å². The molecule has 2 aromatic rings. The SMILES string of the molecule is COCC(=O)Nc1n[nH]c2ccccc12. The molecule has 1 heterocycles. The maximum atomic E-state index is 11.3. The average Bonchev–Trinajstić information content (AvgIpc) is 2.62. The third kappa shape index (κ3) is 1.97. The van der Waals surface area contributed by atoms with Gasteiger partial charge in [-0.2, -0.15) is 5.10 Å². The Hall–Kier alpha value is -1.88. The second-order valence-corrected chi connectivity index (χ2v) is 3.10. The van der Waals surface area contributed by atoms with Crippen LogP contribution in [0.25, 0.3) is 10.9 Å². The molecule has 15 heavy (non-hydrogen) atoms. The molecule has 0 spiro atoms. The number of para-hydroxylation sites is 1. The Labute approximate surface area is 86.4 Å². The molecule has 2 N–H and O–H groups in total. The Morgan fingerprint density at radius 1 is 1.53 bits per heavy atom.